The van der Waals surface area contributed by atoms with Crippen LogP contribution in [0.5, 0.6) is 0 Å². The lowest BCUT2D eigenvalue weighted by molar-refractivity contribution is -0.186. The van der Waals surface area contributed by atoms with E-state index in [9.17, 15) is 0 Å². The summed E-state index contributed by atoms with van der Waals surface area (Å²) in [5, 5.41) is 0. The number of nitrogens with two attached hydrogens (primary N) is 1. The molecule has 17 heavy (non-hydrogen) atoms. The molecule has 4 saturated carbocycles. The molecule has 0 heterocycles. The predicted octanol–water partition coefficient (Wildman–Crippen LogP) is 4.11. The molecule has 0 aromatic carbocycles. The fourth-order valence-corrected chi connectivity index (χ4v) is 7.46. The average Bonchev–Trinajstić information content (AvgIpc) is 1.87. The summed E-state index contributed by atoms with van der Waals surface area (Å²) in [6.45, 7) is 9.86. The van der Waals surface area contributed by atoms with Crippen molar-refractivity contribution >= 4 is 0 Å². The average molecular weight is 235 g/mol. The highest BCUT2D eigenvalue weighted by atomic mass is 14.7. The van der Waals surface area contributed by atoms with Gasteiger partial charge in [0.15, 0.2) is 0 Å². The molecule has 1 unspecified atom stereocenters. The van der Waals surface area contributed by atoms with E-state index in [0.29, 0.717) is 27.7 Å². The fraction of sp³-hybridized carbons (Fsp3) is 1.00. The van der Waals surface area contributed by atoms with Crippen LogP contribution < -0.4 is 5.73 Å². The molecule has 0 aromatic rings. The van der Waals surface area contributed by atoms with Gasteiger partial charge in [0.25, 0.3) is 0 Å². The van der Waals surface area contributed by atoms with Crippen molar-refractivity contribution in [3.63, 3.8) is 0 Å². The van der Waals surface area contributed by atoms with E-state index >= 15 is 0 Å². The van der Waals surface area contributed by atoms with Gasteiger partial charge in [-0.15, -0.1) is 0 Å². The maximum atomic E-state index is 6.14. The predicted molar refractivity (Wildman–Crippen MR) is 72.7 cm³/mol. The van der Waals surface area contributed by atoms with Crippen LogP contribution in [-0.2, 0) is 0 Å². The van der Waals surface area contributed by atoms with Crippen LogP contribution in [0.25, 0.3) is 0 Å². The third-order valence-electron chi connectivity index (χ3n) is 5.72. The summed E-state index contributed by atoms with van der Waals surface area (Å²) in [5.41, 5.74) is 8.58. The van der Waals surface area contributed by atoms with Crippen molar-refractivity contribution in [3.8, 4) is 0 Å². The normalized spacial score (nSPS) is 58.4. The zero-order chi connectivity index (χ0) is 12.5. The lowest BCUT2D eigenvalue weighted by Crippen LogP contribution is -2.59. The molecule has 4 aliphatic rings. The van der Waals surface area contributed by atoms with Crippen molar-refractivity contribution in [2.75, 3.05) is 0 Å². The van der Waals surface area contributed by atoms with Gasteiger partial charge in [0, 0.05) is 6.04 Å². The fourth-order valence-electron chi connectivity index (χ4n) is 7.46. The van der Waals surface area contributed by atoms with Crippen molar-refractivity contribution in [1.29, 1.82) is 0 Å². The Bertz CT molecular complexity index is 290. The van der Waals surface area contributed by atoms with E-state index in [4.69, 9.17) is 5.73 Å². The minimum Gasteiger partial charge on any atom is -0.328 e. The summed E-state index contributed by atoms with van der Waals surface area (Å²) in [4.78, 5) is 0. The molecule has 4 fully saturated rings. The Kier molecular flexibility index (Phi) is 2.19. The second-order valence-corrected chi connectivity index (χ2v) is 9.17. The molecule has 0 amide bonds. The standard InChI is InChI=1S/C16H29N/c1-12(17)5-16-9-13(2)6-14(3,10-16)8-15(4,7-13)11-16/h12H,5-11,17H2,1-4H3. The van der Waals surface area contributed by atoms with Gasteiger partial charge in [0.05, 0.1) is 0 Å². The van der Waals surface area contributed by atoms with E-state index in [-0.39, 0.29) is 0 Å². The lowest BCUT2D eigenvalue weighted by atomic mass is 9.36. The summed E-state index contributed by atoms with van der Waals surface area (Å²) in [6.07, 6.45) is 10.0. The molecule has 4 rings (SSSR count). The molecule has 98 valence electrons. The Labute approximate surface area is 107 Å². The summed E-state index contributed by atoms with van der Waals surface area (Å²) in [5.74, 6) is 0. The van der Waals surface area contributed by atoms with Crippen LogP contribution in [0.4, 0.5) is 0 Å². The zero-order valence-corrected chi connectivity index (χ0v) is 12.1. The van der Waals surface area contributed by atoms with Crippen LogP contribution in [0.15, 0.2) is 0 Å². The number of hydrogen-bond acceptors (Lipinski definition) is 1. The Morgan fingerprint density at radius 2 is 1.18 bits per heavy atom. The first-order chi connectivity index (χ1) is 7.66. The molecule has 0 aromatic heterocycles. The molecule has 1 heteroatoms. The molecule has 2 N–H and O–H groups in total. The number of hydrogen-bond donors (Lipinski definition) is 1. The monoisotopic (exact) mass is 235 g/mol. The highest BCUT2D eigenvalue weighted by molar-refractivity contribution is 5.14. The Hall–Kier alpha value is -0.0400. The minimum atomic E-state index is 0.377. The molecule has 1 atom stereocenters. The van der Waals surface area contributed by atoms with Crippen molar-refractivity contribution in [1.82, 2.24) is 0 Å². The van der Waals surface area contributed by atoms with Crippen molar-refractivity contribution in [2.45, 2.75) is 78.7 Å². The summed E-state index contributed by atoms with van der Waals surface area (Å²) in [6, 6.07) is 0.377. The molecular weight excluding hydrogens is 206 g/mol. The van der Waals surface area contributed by atoms with Crippen molar-refractivity contribution in [2.24, 2.45) is 27.4 Å². The van der Waals surface area contributed by atoms with E-state index in [1.54, 1.807) is 0 Å². The summed E-state index contributed by atoms with van der Waals surface area (Å²) < 4.78 is 0. The van der Waals surface area contributed by atoms with Gasteiger partial charge < -0.3 is 5.73 Å². The summed E-state index contributed by atoms with van der Waals surface area (Å²) >= 11 is 0. The van der Waals surface area contributed by atoms with Crippen molar-refractivity contribution in [3.05, 3.63) is 0 Å². The minimum absolute atomic E-state index is 0.377. The molecular formula is C16H29N. The van der Waals surface area contributed by atoms with Gasteiger partial charge in [0.2, 0.25) is 0 Å². The summed E-state index contributed by atoms with van der Waals surface area (Å²) in [7, 11) is 0. The van der Waals surface area contributed by atoms with Gasteiger partial charge in [0.1, 0.15) is 0 Å². The first-order valence-corrected chi connectivity index (χ1v) is 7.42. The van der Waals surface area contributed by atoms with E-state index < -0.39 is 0 Å². The Morgan fingerprint density at radius 3 is 1.47 bits per heavy atom. The van der Waals surface area contributed by atoms with Gasteiger partial charge in [-0.05, 0) is 73.5 Å². The van der Waals surface area contributed by atoms with Crippen LogP contribution in [0.3, 0.4) is 0 Å². The van der Waals surface area contributed by atoms with Crippen LogP contribution in [0.2, 0.25) is 0 Å². The second-order valence-electron chi connectivity index (χ2n) is 9.17. The largest absolute Gasteiger partial charge is 0.328 e. The first kappa shape index (κ1) is 12.0. The highest BCUT2D eigenvalue weighted by Crippen LogP contribution is 2.74. The molecule has 0 aliphatic heterocycles. The van der Waals surface area contributed by atoms with Gasteiger partial charge >= 0.3 is 0 Å². The van der Waals surface area contributed by atoms with Gasteiger partial charge in [-0.3, -0.25) is 0 Å². The molecule has 0 radical (unpaired) electrons. The topological polar surface area (TPSA) is 26.0 Å². The van der Waals surface area contributed by atoms with Gasteiger partial charge in [-0.1, -0.05) is 20.8 Å². The second kappa shape index (κ2) is 3.10. The van der Waals surface area contributed by atoms with Gasteiger partial charge in [-0.25, -0.2) is 0 Å². The van der Waals surface area contributed by atoms with Gasteiger partial charge in [-0.2, -0.15) is 0 Å². The third kappa shape index (κ3) is 1.85. The van der Waals surface area contributed by atoms with Crippen LogP contribution in [-0.4, -0.2) is 6.04 Å². The van der Waals surface area contributed by atoms with E-state index in [0.717, 1.165) is 0 Å². The van der Waals surface area contributed by atoms with Crippen LogP contribution >= 0.6 is 0 Å². The SMILES string of the molecule is CC(N)CC12CC3(C)CC(C)(CC(C)(C3)C1)C2. The maximum Gasteiger partial charge on any atom is 0.00157 e. The van der Waals surface area contributed by atoms with Crippen LogP contribution in [0.1, 0.15) is 72.6 Å². The smallest absolute Gasteiger partial charge is 0.00157 e. The Morgan fingerprint density at radius 1 is 0.824 bits per heavy atom. The third-order valence-corrected chi connectivity index (χ3v) is 5.72. The Balaban J connectivity index is 1.98. The van der Waals surface area contributed by atoms with E-state index in [1.807, 2.05) is 0 Å². The quantitative estimate of drug-likeness (QED) is 0.766. The number of rotatable bonds is 2. The maximum absolute atomic E-state index is 6.14. The first-order valence-electron chi connectivity index (χ1n) is 7.42. The molecule has 0 spiro atoms. The molecule has 0 saturated heterocycles. The van der Waals surface area contributed by atoms with E-state index in [2.05, 4.69) is 27.7 Å². The van der Waals surface area contributed by atoms with Crippen molar-refractivity contribution < 1.29 is 0 Å². The van der Waals surface area contributed by atoms with Crippen LogP contribution in [0, 0.1) is 21.7 Å². The lowest BCUT2D eigenvalue weighted by Gasteiger charge is -2.69. The zero-order valence-electron chi connectivity index (χ0n) is 12.1. The molecule has 4 bridgehead atoms. The van der Waals surface area contributed by atoms with E-state index in [1.165, 1.54) is 44.9 Å². The molecule has 1 nitrogen and oxygen atoms in total. The molecule has 4 aliphatic carbocycles. The highest BCUT2D eigenvalue weighted by Gasteiger charge is 2.63.